The van der Waals surface area contributed by atoms with Crippen LogP contribution in [0.25, 0.3) is 0 Å². The summed E-state index contributed by atoms with van der Waals surface area (Å²) in [5, 5.41) is 17.5. The van der Waals surface area contributed by atoms with E-state index in [-0.39, 0.29) is 42.3 Å². The first kappa shape index (κ1) is 30.6. The molecule has 1 aliphatic rings. The molecular weight excluding hydrogens is 532 g/mol. The fourth-order valence-electron chi connectivity index (χ4n) is 5.45. The lowest BCUT2D eigenvalue weighted by Crippen LogP contribution is -2.38. The molecule has 0 spiro atoms. The van der Waals surface area contributed by atoms with Gasteiger partial charge in [0.2, 0.25) is 5.88 Å². The molecule has 2 aromatic carbocycles. The number of benzene rings is 2. The summed E-state index contributed by atoms with van der Waals surface area (Å²) in [6.45, 7) is 6.91. The van der Waals surface area contributed by atoms with Crippen LogP contribution in [-0.2, 0) is 4.79 Å². The lowest BCUT2D eigenvalue weighted by Gasteiger charge is -2.39. The van der Waals surface area contributed by atoms with Crippen LogP contribution in [0.3, 0.4) is 0 Å². The maximum atomic E-state index is 13.2. The number of hydrogen-bond acceptors (Lipinski definition) is 5. The van der Waals surface area contributed by atoms with Crippen molar-refractivity contribution in [2.75, 3.05) is 11.9 Å². The molecule has 42 heavy (non-hydrogen) atoms. The predicted octanol–water partition coefficient (Wildman–Crippen LogP) is 6.79. The molecule has 4 N–H and O–H groups in total. The van der Waals surface area contributed by atoms with Crippen molar-refractivity contribution < 1.29 is 24.2 Å². The van der Waals surface area contributed by atoms with Gasteiger partial charge in [0, 0.05) is 18.2 Å². The number of ether oxygens (including phenoxy) is 1. The number of aliphatic carboxylic acids is 1. The standard InChI is InChI=1S/C33H40N4O5/c1-33(2,3)25-15-13-23(14-16-25)30(22-9-11-24(12-10-22)31(40)34-20-19-29(38)39)37-32(41)36-26-17-18-28(35-21-26)42-27-7-5-4-6-8-27/h4-12,17-18,21,23,25,30H,13-16,19-20H2,1-3H3,(H,34,40)(H,38,39)(H2,36,37,41). The normalized spacial score (nSPS) is 17.5. The summed E-state index contributed by atoms with van der Waals surface area (Å²) in [5.41, 5.74) is 2.13. The minimum Gasteiger partial charge on any atom is -0.481 e. The fourth-order valence-corrected chi connectivity index (χ4v) is 5.45. The van der Waals surface area contributed by atoms with Crippen molar-refractivity contribution in [2.24, 2.45) is 17.3 Å². The first-order valence-corrected chi connectivity index (χ1v) is 14.4. The van der Waals surface area contributed by atoms with Gasteiger partial charge in [0.05, 0.1) is 24.3 Å². The Hall–Kier alpha value is -4.40. The van der Waals surface area contributed by atoms with E-state index in [1.165, 1.54) is 0 Å². The number of urea groups is 1. The van der Waals surface area contributed by atoms with Gasteiger partial charge in [0.1, 0.15) is 5.75 Å². The van der Waals surface area contributed by atoms with Gasteiger partial charge in [-0.1, -0.05) is 51.1 Å². The van der Waals surface area contributed by atoms with Crippen LogP contribution in [0.15, 0.2) is 72.9 Å². The average molecular weight is 573 g/mol. The Labute approximate surface area is 247 Å². The second-order valence-electron chi connectivity index (χ2n) is 11.9. The summed E-state index contributed by atoms with van der Waals surface area (Å²) < 4.78 is 5.74. The lowest BCUT2D eigenvalue weighted by molar-refractivity contribution is -0.136. The Morgan fingerprint density at radius 2 is 1.64 bits per heavy atom. The number of nitrogens with one attached hydrogen (secondary N) is 3. The molecule has 0 aliphatic heterocycles. The number of anilines is 1. The zero-order chi connectivity index (χ0) is 30.1. The molecule has 1 unspecified atom stereocenters. The Morgan fingerprint density at radius 1 is 0.952 bits per heavy atom. The predicted molar refractivity (Wildman–Crippen MR) is 162 cm³/mol. The van der Waals surface area contributed by atoms with E-state index in [1.807, 2.05) is 42.5 Å². The van der Waals surface area contributed by atoms with E-state index in [4.69, 9.17) is 9.84 Å². The highest BCUT2D eigenvalue weighted by Gasteiger charge is 2.34. The van der Waals surface area contributed by atoms with Crippen molar-refractivity contribution in [1.29, 1.82) is 0 Å². The summed E-state index contributed by atoms with van der Waals surface area (Å²) in [6.07, 6.45) is 5.56. The molecule has 1 fully saturated rings. The number of pyridine rings is 1. The van der Waals surface area contributed by atoms with E-state index < -0.39 is 5.97 Å². The van der Waals surface area contributed by atoms with Gasteiger partial charge >= 0.3 is 12.0 Å². The van der Waals surface area contributed by atoms with Crippen LogP contribution >= 0.6 is 0 Å². The van der Waals surface area contributed by atoms with Crippen molar-refractivity contribution in [3.63, 3.8) is 0 Å². The molecule has 1 heterocycles. The van der Waals surface area contributed by atoms with Gasteiger partial charge in [-0.2, -0.15) is 0 Å². The lowest BCUT2D eigenvalue weighted by atomic mass is 9.68. The number of para-hydroxylation sites is 1. The van der Waals surface area contributed by atoms with Gasteiger partial charge in [0.15, 0.2) is 0 Å². The van der Waals surface area contributed by atoms with Gasteiger partial charge < -0.3 is 25.8 Å². The van der Waals surface area contributed by atoms with Crippen LogP contribution in [0.4, 0.5) is 10.5 Å². The van der Waals surface area contributed by atoms with Gasteiger partial charge in [-0.05, 0) is 78.8 Å². The van der Waals surface area contributed by atoms with Gasteiger partial charge in [-0.25, -0.2) is 9.78 Å². The van der Waals surface area contributed by atoms with Crippen molar-refractivity contribution in [1.82, 2.24) is 15.6 Å². The number of nitrogens with zero attached hydrogens (tertiary/aromatic N) is 1. The van der Waals surface area contributed by atoms with Gasteiger partial charge in [-0.3, -0.25) is 9.59 Å². The molecule has 222 valence electrons. The summed E-state index contributed by atoms with van der Waals surface area (Å²) in [5.74, 6) is 0.672. The van der Waals surface area contributed by atoms with Gasteiger partial charge in [0.25, 0.3) is 5.91 Å². The molecule has 1 aliphatic carbocycles. The molecule has 0 saturated heterocycles. The van der Waals surface area contributed by atoms with Crippen molar-refractivity contribution in [3.8, 4) is 11.6 Å². The van der Waals surface area contributed by atoms with Crippen molar-refractivity contribution in [3.05, 3.63) is 84.1 Å². The summed E-state index contributed by atoms with van der Waals surface area (Å²) in [6, 6.07) is 19.4. The summed E-state index contributed by atoms with van der Waals surface area (Å²) in [7, 11) is 0. The smallest absolute Gasteiger partial charge is 0.319 e. The third kappa shape index (κ3) is 8.80. The number of hydrogen-bond donors (Lipinski definition) is 4. The van der Waals surface area contributed by atoms with Crippen LogP contribution < -0.4 is 20.7 Å². The van der Waals surface area contributed by atoms with Crippen molar-refractivity contribution in [2.45, 2.75) is 58.9 Å². The number of carboxylic acid groups (broad SMARTS) is 1. The molecule has 0 radical (unpaired) electrons. The maximum Gasteiger partial charge on any atom is 0.319 e. The van der Waals surface area contributed by atoms with Crippen molar-refractivity contribution >= 4 is 23.6 Å². The molecule has 4 rings (SSSR count). The molecule has 1 aromatic heterocycles. The van der Waals surface area contributed by atoms with Crippen LogP contribution in [0, 0.1) is 17.3 Å². The molecule has 9 nitrogen and oxygen atoms in total. The highest BCUT2D eigenvalue weighted by molar-refractivity contribution is 5.94. The summed E-state index contributed by atoms with van der Waals surface area (Å²) in [4.78, 5) is 40.7. The molecular formula is C33H40N4O5. The van der Waals surface area contributed by atoms with Crippen LogP contribution in [0.2, 0.25) is 0 Å². The Morgan fingerprint density at radius 3 is 2.24 bits per heavy atom. The quantitative estimate of drug-likeness (QED) is 0.212. The third-order valence-electron chi connectivity index (χ3n) is 7.87. The fraction of sp³-hybridized carbons (Fsp3) is 0.394. The van der Waals surface area contributed by atoms with Crippen LogP contribution in [-0.4, -0.2) is 34.5 Å². The Balaban J connectivity index is 1.43. The SMILES string of the molecule is CC(C)(C)C1CCC(C(NC(=O)Nc2ccc(Oc3ccccc3)nc2)c2ccc(C(=O)NCCC(=O)O)cc2)CC1. The highest BCUT2D eigenvalue weighted by atomic mass is 16.5. The molecule has 3 amide bonds. The topological polar surface area (TPSA) is 130 Å². The zero-order valence-electron chi connectivity index (χ0n) is 24.4. The molecule has 1 saturated carbocycles. The second kappa shape index (κ2) is 14.0. The number of carboxylic acids is 1. The highest BCUT2D eigenvalue weighted by Crippen LogP contribution is 2.43. The van der Waals surface area contributed by atoms with E-state index >= 15 is 0 Å². The first-order chi connectivity index (χ1) is 20.1. The monoisotopic (exact) mass is 572 g/mol. The Bertz CT molecular complexity index is 1330. The largest absolute Gasteiger partial charge is 0.481 e. The molecule has 9 heteroatoms. The summed E-state index contributed by atoms with van der Waals surface area (Å²) >= 11 is 0. The Kier molecular flexibility index (Phi) is 10.2. The zero-order valence-corrected chi connectivity index (χ0v) is 24.4. The molecule has 1 atom stereocenters. The number of aromatic nitrogens is 1. The second-order valence-corrected chi connectivity index (χ2v) is 11.9. The van der Waals surface area contributed by atoms with Crippen LogP contribution in [0.5, 0.6) is 11.6 Å². The van der Waals surface area contributed by atoms with Crippen LogP contribution in [0.1, 0.15) is 74.8 Å². The first-order valence-electron chi connectivity index (χ1n) is 14.4. The molecule has 0 bridgehead atoms. The number of amides is 3. The third-order valence-corrected chi connectivity index (χ3v) is 7.87. The number of rotatable bonds is 10. The maximum absolute atomic E-state index is 13.2. The molecule has 3 aromatic rings. The van der Waals surface area contributed by atoms with E-state index in [0.717, 1.165) is 31.2 Å². The minimum absolute atomic E-state index is 0.0610. The minimum atomic E-state index is -0.966. The van der Waals surface area contributed by atoms with E-state index in [0.29, 0.717) is 28.8 Å². The number of carbonyl (C=O) groups is 3. The number of carbonyl (C=O) groups excluding carboxylic acids is 2. The van der Waals surface area contributed by atoms with E-state index in [2.05, 4.69) is 41.7 Å². The average Bonchev–Trinajstić information content (AvgIpc) is 2.97. The van der Waals surface area contributed by atoms with Gasteiger partial charge in [-0.15, -0.1) is 0 Å². The van der Waals surface area contributed by atoms with E-state index in [9.17, 15) is 14.4 Å². The van der Waals surface area contributed by atoms with E-state index in [1.54, 1.807) is 30.5 Å².